The van der Waals surface area contributed by atoms with Gasteiger partial charge in [0.1, 0.15) is 5.82 Å². The van der Waals surface area contributed by atoms with E-state index in [9.17, 15) is 4.39 Å². The quantitative estimate of drug-likeness (QED) is 0.935. The van der Waals surface area contributed by atoms with E-state index in [2.05, 4.69) is 26.2 Å². The van der Waals surface area contributed by atoms with Crippen LogP contribution in [0.25, 0.3) is 0 Å². The van der Waals surface area contributed by atoms with Crippen LogP contribution in [0.2, 0.25) is 0 Å². The Kier molecular flexibility index (Phi) is 4.44. The summed E-state index contributed by atoms with van der Waals surface area (Å²) in [6, 6.07) is 8.97. The second-order valence-electron chi connectivity index (χ2n) is 4.07. The number of pyridine rings is 1. The minimum atomic E-state index is -0.201. The van der Waals surface area contributed by atoms with E-state index in [1.54, 1.807) is 18.5 Å². The molecule has 1 aromatic carbocycles. The molecule has 0 bridgehead atoms. The van der Waals surface area contributed by atoms with Gasteiger partial charge in [-0.1, -0.05) is 28.1 Å². The molecule has 0 saturated carbocycles. The highest BCUT2D eigenvalue weighted by Crippen LogP contribution is 2.23. The molecule has 0 amide bonds. The van der Waals surface area contributed by atoms with Gasteiger partial charge in [0.2, 0.25) is 0 Å². The van der Waals surface area contributed by atoms with Crippen molar-refractivity contribution in [3.63, 3.8) is 0 Å². The number of likely N-dealkylation sites (N-methyl/N-ethyl adjacent to an activating group) is 1. The molecular weight excluding hydrogens is 295 g/mol. The maximum atomic E-state index is 13.9. The monoisotopic (exact) mass is 308 g/mol. The van der Waals surface area contributed by atoms with Gasteiger partial charge in [-0.3, -0.25) is 4.98 Å². The minimum Gasteiger partial charge on any atom is -0.313 e. The third kappa shape index (κ3) is 3.15. The van der Waals surface area contributed by atoms with Gasteiger partial charge < -0.3 is 5.32 Å². The summed E-state index contributed by atoms with van der Waals surface area (Å²) < 4.78 is 14.7. The van der Waals surface area contributed by atoms with Crippen molar-refractivity contribution in [2.75, 3.05) is 7.05 Å². The first-order valence-electron chi connectivity index (χ1n) is 5.72. The normalized spacial score (nSPS) is 12.4. The standard InChI is InChI=1S/C14H14BrFN2/c1-17-14(7-10-3-2-6-18-9-10)12-5-4-11(15)8-13(12)16/h2-6,8-9,14,17H,7H2,1H3. The maximum absolute atomic E-state index is 13.9. The van der Waals surface area contributed by atoms with Gasteiger partial charge in [0.25, 0.3) is 0 Å². The van der Waals surface area contributed by atoms with E-state index in [-0.39, 0.29) is 11.9 Å². The second-order valence-corrected chi connectivity index (χ2v) is 4.99. The van der Waals surface area contributed by atoms with E-state index in [0.29, 0.717) is 12.0 Å². The summed E-state index contributed by atoms with van der Waals surface area (Å²) in [4.78, 5) is 4.07. The molecular formula is C14H14BrFN2. The van der Waals surface area contributed by atoms with E-state index in [1.165, 1.54) is 6.07 Å². The van der Waals surface area contributed by atoms with Crippen LogP contribution >= 0.6 is 15.9 Å². The predicted molar refractivity (Wildman–Crippen MR) is 73.8 cm³/mol. The maximum Gasteiger partial charge on any atom is 0.129 e. The molecule has 1 heterocycles. The Morgan fingerprint density at radius 2 is 2.22 bits per heavy atom. The van der Waals surface area contributed by atoms with Crippen molar-refractivity contribution < 1.29 is 4.39 Å². The lowest BCUT2D eigenvalue weighted by Crippen LogP contribution is -2.20. The average Bonchev–Trinajstić information content (AvgIpc) is 2.38. The zero-order chi connectivity index (χ0) is 13.0. The lowest BCUT2D eigenvalue weighted by Gasteiger charge is -2.17. The molecule has 0 aliphatic heterocycles. The van der Waals surface area contributed by atoms with Crippen molar-refractivity contribution in [3.05, 3.63) is 64.1 Å². The van der Waals surface area contributed by atoms with Crippen molar-refractivity contribution in [3.8, 4) is 0 Å². The van der Waals surface area contributed by atoms with Gasteiger partial charge in [-0.15, -0.1) is 0 Å². The Hall–Kier alpha value is -1.26. The smallest absolute Gasteiger partial charge is 0.129 e. The molecule has 94 valence electrons. The molecule has 0 radical (unpaired) electrons. The summed E-state index contributed by atoms with van der Waals surface area (Å²) >= 11 is 3.26. The Morgan fingerprint density at radius 3 is 2.83 bits per heavy atom. The molecule has 1 unspecified atom stereocenters. The highest BCUT2D eigenvalue weighted by Gasteiger charge is 2.14. The summed E-state index contributed by atoms with van der Waals surface area (Å²) in [5.74, 6) is -0.201. The Bertz CT molecular complexity index is 516. The third-order valence-corrected chi connectivity index (χ3v) is 3.34. The minimum absolute atomic E-state index is 0.0534. The molecule has 2 aromatic rings. The average molecular weight is 309 g/mol. The molecule has 0 aliphatic rings. The van der Waals surface area contributed by atoms with Gasteiger partial charge in [-0.2, -0.15) is 0 Å². The number of hydrogen-bond donors (Lipinski definition) is 1. The summed E-state index contributed by atoms with van der Waals surface area (Å²) in [6.45, 7) is 0. The van der Waals surface area contributed by atoms with Crippen molar-refractivity contribution in [1.82, 2.24) is 10.3 Å². The van der Waals surface area contributed by atoms with Gasteiger partial charge in [0.05, 0.1) is 0 Å². The van der Waals surface area contributed by atoms with Crippen LogP contribution in [0, 0.1) is 5.82 Å². The van der Waals surface area contributed by atoms with Gasteiger partial charge in [-0.05, 0) is 37.2 Å². The second kappa shape index (κ2) is 6.07. The fourth-order valence-electron chi connectivity index (χ4n) is 1.91. The number of hydrogen-bond acceptors (Lipinski definition) is 2. The van der Waals surface area contributed by atoms with Crippen LogP contribution in [0.15, 0.2) is 47.2 Å². The molecule has 0 saturated heterocycles. The van der Waals surface area contributed by atoms with Gasteiger partial charge in [0.15, 0.2) is 0 Å². The lowest BCUT2D eigenvalue weighted by molar-refractivity contribution is 0.533. The summed E-state index contributed by atoms with van der Waals surface area (Å²) in [7, 11) is 1.84. The number of aromatic nitrogens is 1. The van der Waals surface area contributed by atoms with Gasteiger partial charge >= 0.3 is 0 Å². The number of nitrogens with zero attached hydrogens (tertiary/aromatic N) is 1. The van der Waals surface area contributed by atoms with E-state index < -0.39 is 0 Å². The lowest BCUT2D eigenvalue weighted by atomic mass is 9.99. The summed E-state index contributed by atoms with van der Waals surface area (Å²) in [6.07, 6.45) is 4.25. The fourth-order valence-corrected chi connectivity index (χ4v) is 2.24. The first kappa shape index (κ1) is 13.2. The molecule has 2 rings (SSSR count). The van der Waals surface area contributed by atoms with Gasteiger partial charge in [0, 0.05) is 28.5 Å². The Labute approximate surface area is 114 Å². The number of halogens is 2. The summed E-state index contributed by atoms with van der Waals surface area (Å²) in [5, 5.41) is 3.14. The van der Waals surface area contributed by atoms with E-state index in [0.717, 1.165) is 10.0 Å². The SMILES string of the molecule is CNC(Cc1cccnc1)c1ccc(Br)cc1F. The van der Waals surface area contributed by atoms with E-state index in [1.807, 2.05) is 25.2 Å². The molecule has 2 nitrogen and oxygen atoms in total. The van der Waals surface area contributed by atoms with Crippen LogP contribution in [-0.2, 0) is 6.42 Å². The molecule has 18 heavy (non-hydrogen) atoms. The molecule has 0 spiro atoms. The topological polar surface area (TPSA) is 24.9 Å². The van der Waals surface area contributed by atoms with Crippen LogP contribution in [0.1, 0.15) is 17.2 Å². The molecule has 1 aromatic heterocycles. The highest BCUT2D eigenvalue weighted by atomic mass is 79.9. The van der Waals surface area contributed by atoms with Crippen LogP contribution in [0.5, 0.6) is 0 Å². The summed E-state index contributed by atoms with van der Waals surface area (Å²) in [5.41, 5.74) is 1.75. The molecule has 0 aliphatic carbocycles. The third-order valence-electron chi connectivity index (χ3n) is 2.85. The zero-order valence-electron chi connectivity index (χ0n) is 10.0. The first-order chi connectivity index (χ1) is 8.70. The Balaban J connectivity index is 2.23. The van der Waals surface area contributed by atoms with Crippen LogP contribution < -0.4 is 5.32 Å². The Morgan fingerprint density at radius 1 is 1.39 bits per heavy atom. The molecule has 1 atom stereocenters. The van der Waals surface area contributed by atoms with E-state index >= 15 is 0 Å². The van der Waals surface area contributed by atoms with Crippen LogP contribution in [-0.4, -0.2) is 12.0 Å². The van der Waals surface area contributed by atoms with Crippen LogP contribution in [0.3, 0.4) is 0 Å². The number of benzene rings is 1. The molecule has 1 N–H and O–H groups in total. The van der Waals surface area contributed by atoms with E-state index in [4.69, 9.17) is 0 Å². The fraction of sp³-hybridized carbons (Fsp3) is 0.214. The molecule has 4 heteroatoms. The number of rotatable bonds is 4. The van der Waals surface area contributed by atoms with Crippen LogP contribution in [0.4, 0.5) is 4.39 Å². The van der Waals surface area contributed by atoms with Gasteiger partial charge in [-0.25, -0.2) is 4.39 Å². The zero-order valence-corrected chi connectivity index (χ0v) is 11.6. The van der Waals surface area contributed by atoms with Crippen molar-refractivity contribution in [2.45, 2.75) is 12.5 Å². The van der Waals surface area contributed by atoms with Crippen molar-refractivity contribution >= 4 is 15.9 Å². The predicted octanol–water partition coefficient (Wildman–Crippen LogP) is 3.49. The van der Waals surface area contributed by atoms with Crippen molar-refractivity contribution in [1.29, 1.82) is 0 Å². The largest absolute Gasteiger partial charge is 0.313 e. The molecule has 0 fully saturated rings. The highest BCUT2D eigenvalue weighted by molar-refractivity contribution is 9.10. The van der Waals surface area contributed by atoms with Crippen molar-refractivity contribution in [2.24, 2.45) is 0 Å². The number of nitrogens with one attached hydrogen (secondary N) is 1. The first-order valence-corrected chi connectivity index (χ1v) is 6.51.